The molecule has 0 radical (unpaired) electrons. The number of aliphatic carboxylic acids is 1. The average Bonchev–Trinajstić information content (AvgIpc) is 3.16. The van der Waals surface area contributed by atoms with Gasteiger partial charge in [0.1, 0.15) is 11.8 Å². The molecule has 3 rings (SSSR count). The highest BCUT2D eigenvalue weighted by Crippen LogP contribution is 2.33. The molecule has 1 unspecified atom stereocenters. The van der Waals surface area contributed by atoms with E-state index in [9.17, 15) is 9.59 Å². The number of benzene rings is 2. The Kier molecular flexibility index (Phi) is 6.23. The van der Waals surface area contributed by atoms with Gasteiger partial charge in [-0.1, -0.05) is 18.2 Å². The molecule has 0 fully saturated rings. The van der Waals surface area contributed by atoms with Gasteiger partial charge in [0, 0.05) is 13.1 Å². The van der Waals surface area contributed by atoms with E-state index in [-0.39, 0.29) is 19.3 Å². The maximum absolute atomic E-state index is 12.4. The summed E-state index contributed by atoms with van der Waals surface area (Å²) in [7, 11) is 1.68. The second-order valence-corrected chi connectivity index (χ2v) is 7.01. The number of carbonyl (C=O) groups is 2. The van der Waals surface area contributed by atoms with Crippen LogP contribution in [0.4, 0.5) is 4.79 Å². The van der Waals surface area contributed by atoms with Gasteiger partial charge < -0.3 is 30.0 Å². The molecule has 0 spiro atoms. The van der Waals surface area contributed by atoms with Crippen molar-refractivity contribution in [1.29, 1.82) is 0 Å². The van der Waals surface area contributed by atoms with Crippen LogP contribution < -0.4 is 19.9 Å². The first-order chi connectivity index (χ1) is 13.8. The monoisotopic (exact) mass is 400 g/mol. The van der Waals surface area contributed by atoms with Crippen molar-refractivity contribution in [3.05, 3.63) is 53.6 Å². The smallest absolute Gasteiger partial charge is 0.415 e. The summed E-state index contributed by atoms with van der Waals surface area (Å²) in [5.74, 6) is 0.757. The lowest BCUT2D eigenvalue weighted by atomic mass is 10.1. The molecule has 8 heteroatoms. The van der Waals surface area contributed by atoms with Crippen LogP contribution in [0.2, 0.25) is 0 Å². The molecule has 0 bridgehead atoms. The fourth-order valence-corrected chi connectivity index (χ4v) is 2.93. The zero-order valence-corrected chi connectivity index (χ0v) is 16.3. The Morgan fingerprint density at radius 2 is 1.76 bits per heavy atom. The topological polar surface area (TPSA) is 111 Å². The van der Waals surface area contributed by atoms with Gasteiger partial charge in [0.15, 0.2) is 11.5 Å². The molecule has 1 amide bonds. The molecule has 0 saturated carbocycles. The van der Waals surface area contributed by atoms with Gasteiger partial charge in [0.05, 0.1) is 0 Å². The predicted molar refractivity (Wildman–Crippen MR) is 105 cm³/mol. The third kappa shape index (κ3) is 5.17. The molecule has 29 heavy (non-hydrogen) atoms. The normalized spacial score (nSPS) is 14.2. The van der Waals surface area contributed by atoms with E-state index in [1.165, 1.54) is 4.90 Å². The number of amides is 1. The summed E-state index contributed by atoms with van der Waals surface area (Å²) in [6, 6.07) is 11.3. The van der Waals surface area contributed by atoms with Crippen molar-refractivity contribution in [3.63, 3.8) is 0 Å². The van der Waals surface area contributed by atoms with Crippen molar-refractivity contribution in [2.75, 3.05) is 13.8 Å². The van der Waals surface area contributed by atoms with E-state index in [2.05, 4.69) is 0 Å². The number of nitrogens with zero attached hydrogens (tertiary/aromatic N) is 1. The summed E-state index contributed by atoms with van der Waals surface area (Å²) in [4.78, 5) is 24.8. The van der Waals surface area contributed by atoms with Crippen LogP contribution in [-0.2, 0) is 17.6 Å². The molecule has 154 valence electrons. The first-order valence-corrected chi connectivity index (χ1v) is 9.24. The Morgan fingerprint density at radius 1 is 1.10 bits per heavy atom. The number of fused-ring (bicyclic) bond motifs is 1. The van der Waals surface area contributed by atoms with Gasteiger partial charge in [-0.25, -0.2) is 4.79 Å². The largest absolute Gasteiger partial charge is 0.480 e. The Labute approximate surface area is 168 Å². The van der Waals surface area contributed by atoms with E-state index < -0.39 is 18.1 Å². The van der Waals surface area contributed by atoms with E-state index >= 15 is 0 Å². The molecular weight excluding hydrogens is 376 g/mol. The number of carbonyl (C=O) groups excluding carboxylic acids is 1. The van der Waals surface area contributed by atoms with Crippen molar-refractivity contribution < 1.29 is 28.9 Å². The van der Waals surface area contributed by atoms with Crippen LogP contribution in [-0.4, -0.2) is 48.0 Å². The number of likely N-dealkylation sites (N-methyl/N-ethyl adjacent to an activating group) is 1. The molecule has 8 nitrogen and oxygen atoms in total. The van der Waals surface area contributed by atoms with Crippen LogP contribution in [0.1, 0.15) is 18.1 Å². The summed E-state index contributed by atoms with van der Waals surface area (Å²) >= 11 is 0. The van der Waals surface area contributed by atoms with E-state index in [1.54, 1.807) is 31.3 Å². The van der Waals surface area contributed by atoms with E-state index in [0.29, 0.717) is 17.9 Å². The molecule has 1 aliphatic rings. The number of ether oxygens (including phenoxy) is 3. The fraction of sp³-hybridized carbons (Fsp3) is 0.333. The minimum Gasteiger partial charge on any atom is -0.480 e. The number of hydrogen-bond donors (Lipinski definition) is 2. The van der Waals surface area contributed by atoms with Gasteiger partial charge >= 0.3 is 12.1 Å². The molecule has 0 saturated heterocycles. The highest BCUT2D eigenvalue weighted by atomic mass is 16.7. The highest BCUT2D eigenvalue weighted by Gasteiger charge is 2.20. The predicted octanol–water partition coefficient (Wildman–Crippen LogP) is 2.43. The van der Waals surface area contributed by atoms with Gasteiger partial charge in [0.2, 0.25) is 6.79 Å². The molecule has 1 aliphatic heterocycles. The van der Waals surface area contributed by atoms with Gasteiger partial charge in [0.25, 0.3) is 0 Å². The molecule has 0 aliphatic carbocycles. The third-order valence-electron chi connectivity index (χ3n) is 4.82. The third-order valence-corrected chi connectivity index (χ3v) is 4.82. The van der Waals surface area contributed by atoms with Crippen molar-refractivity contribution in [2.24, 2.45) is 5.73 Å². The van der Waals surface area contributed by atoms with Crippen molar-refractivity contribution in [2.45, 2.75) is 31.8 Å². The van der Waals surface area contributed by atoms with Gasteiger partial charge in [-0.3, -0.25) is 4.79 Å². The lowest BCUT2D eigenvalue weighted by Crippen LogP contribution is -2.38. The first kappa shape index (κ1) is 20.5. The van der Waals surface area contributed by atoms with Crippen LogP contribution in [0, 0.1) is 0 Å². The molecular formula is C21H24N2O6. The van der Waals surface area contributed by atoms with Gasteiger partial charge in [-0.15, -0.1) is 0 Å². The lowest BCUT2D eigenvalue weighted by Gasteiger charge is -2.24. The summed E-state index contributed by atoms with van der Waals surface area (Å²) in [5, 5.41) is 8.87. The van der Waals surface area contributed by atoms with E-state index in [4.69, 9.17) is 25.1 Å². The summed E-state index contributed by atoms with van der Waals surface area (Å²) < 4.78 is 16.1. The minimum atomic E-state index is -1.06. The van der Waals surface area contributed by atoms with Gasteiger partial charge in [-0.2, -0.15) is 0 Å². The van der Waals surface area contributed by atoms with E-state index in [1.807, 2.05) is 25.1 Å². The van der Waals surface area contributed by atoms with Crippen LogP contribution >= 0.6 is 0 Å². The number of rotatable bonds is 7. The quantitative estimate of drug-likeness (QED) is 0.734. The van der Waals surface area contributed by atoms with Crippen molar-refractivity contribution in [1.82, 2.24) is 4.90 Å². The second-order valence-electron chi connectivity index (χ2n) is 7.01. The van der Waals surface area contributed by atoms with Gasteiger partial charge in [-0.05, 0) is 55.2 Å². The molecule has 2 aromatic rings. The standard InChI is InChI=1S/C21H24N2O6/c1-13(9-15-5-8-18-19(11-15)28-12-27-18)23(2)21(26)29-16-6-3-14(4-7-16)10-17(22)20(24)25/h3-8,11,13,17H,9-10,12,22H2,1-2H3,(H,24,25)/t13?,17-/m0/s1. The summed E-state index contributed by atoms with van der Waals surface area (Å²) in [6.45, 7) is 2.16. The second kappa shape index (κ2) is 8.83. The van der Waals surface area contributed by atoms with Crippen LogP contribution in [0.25, 0.3) is 0 Å². The minimum absolute atomic E-state index is 0.101. The average molecular weight is 400 g/mol. The van der Waals surface area contributed by atoms with Crippen LogP contribution in [0.15, 0.2) is 42.5 Å². The molecule has 2 aromatic carbocycles. The molecule has 3 N–H and O–H groups in total. The number of nitrogens with two attached hydrogens (primary N) is 1. The lowest BCUT2D eigenvalue weighted by molar-refractivity contribution is -0.138. The fourth-order valence-electron chi connectivity index (χ4n) is 2.93. The Morgan fingerprint density at radius 3 is 2.45 bits per heavy atom. The Bertz CT molecular complexity index is 883. The van der Waals surface area contributed by atoms with Crippen molar-refractivity contribution >= 4 is 12.1 Å². The SMILES string of the molecule is CC(Cc1ccc2c(c1)OCO2)N(C)C(=O)Oc1ccc(C[C@H](N)C(=O)O)cc1. The van der Waals surface area contributed by atoms with Crippen molar-refractivity contribution in [3.8, 4) is 17.2 Å². The summed E-state index contributed by atoms with van der Waals surface area (Å²) in [5.41, 5.74) is 7.31. The molecule has 0 aromatic heterocycles. The molecule has 2 atom stereocenters. The van der Waals surface area contributed by atoms with Crippen LogP contribution in [0.5, 0.6) is 17.2 Å². The number of carboxylic acids is 1. The Balaban J connectivity index is 1.54. The summed E-state index contributed by atoms with van der Waals surface area (Å²) in [6.07, 6.45) is 0.359. The zero-order chi connectivity index (χ0) is 21.0. The zero-order valence-electron chi connectivity index (χ0n) is 16.3. The molecule has 1 heterocycles. The number of hydrogen-bond acceptors (Lipinski definition) is 6. The maximum Gasteiger partial charge on any atom is 0.415 e. The van der Waals surface area contributed by atoms with Crippen LogP contribution in [0.3, 0.4) is 0 Å². The first-order valence-electron chi connectivity index (χ1n) is 9.24. The highest BCUT2D eigenvalue weighted by molar-refractivity contribution is 5.73. The Hall–Kier alpha value is -3.26. The number of carboxylic acid groups (broad SMARTS) is 1. The van der Waals surface area contributed by atoms with E-state index in [0.717, 1.165) is 16.9 Å². The maximum atomic E-state index is 12.4.